The lowest BCUT2D eigenvalue weighted by molar-refractivity contribution is -0.191. The Hall–Kier alpha value is -9.65. The van der Waals surface area contributed by atoms with E-state index in [4.69, 9.17) is 46.1 Å². The van der Waals surface area contributed by atoms with E-state index in [9.17, 15) is 37.5 Å². The Morgan fingerprint density at radius 3 is 1.45 bits per heavy atom. The van der Waals surface area contributed by atoms with E-state index in [2.05, 4.69) is 46.5 Å². The summed E-state index contributed by atoms with van der Waals surface area (Å²) < 4.78 is 56.3. The van der Waals surface area contributed by atoms with Crippen LogP contribution in [0, 0.1) is 17.5 Å². The molecule has 1 saturated heterocycles. The smallest absolute Gasteiger partial charge is 0.412 e. The Morgan fingerprint density at radius 2 is 1.06 bits per heavy atom. The van der Waals surface area contributed by atoms with Gasteiger partial charge in [0.2, 0.25) is 0 Å². The molecule has 0 aromatic carbocycles. The quantitative estimate of drug-likeness (QED) is 0.0666. The van der Waals surface area contributed by atoms with Gasteiger partial charge in [0.25, 0.3) is 11.8 Å². The van der Waals surface area contributed by atoms with E-state index in [0.29, 0.717) is 73.6 Å². The van der Waals surface area contributed by atoms with E-state index in [1.807, 2.05) is 25.7 Å². The van der Waals surface area contributed by atoms with Crippen molar-refractivity contribution >= 4 is 59.2 Å². The van der Waals surface area contributed by atoms with Crippen LogP contribution >= 0.6 is 0 Å². The van der Waals surface area contributed by atoms with Crippen LogP contribution in [0.3, 0.4) is 0 Å². The van der Waals surface area contributed by atoms with Crippen molar-refractivity contribution < 1.29 is 71.6 Å². The highest BCUT2D eigenvalue weighted by atomic mass is 19.1. The summed E-state index contributed by atoms with van der Waals surface area (Å²) in [5.74, 6) is -4.42. The van der Waals surface area contributed by atoms with E-state index >= 15 is 4.39 Å². The summed E-state index contributed by atoms with van der Waals surface area (Å²) in [6.45, 7) is 7.02. The lowest BCUT2D eigenvalue weighted by Gasteiger charge is -2.33. The van der Waals surface area contributed by atoms with Crippen LogP contribution in [0.4, 0.5) is 35.4 Å². The zero-order valence-corrected chi connectivity index (χ0v) is 54.4. The van der Waals surface area contributed by atoms with Crippen molar-refractivity contribution in [2.45, 2.75) is 192 Å². The van der Waals surface area contributed by atoms with Crippen LogP contribution in [0.25, 0.3) is 33.8 Å². The molecule has 0 spiro atoms. The van der Waals surface area contributed by atoms with Crippen LogP contribution in [0.1, 0.15) is 173 Å². The summed E-state index contributed by atoms with van der Waals surface area (Å²) in [5, 5.41) is 49.3. The average molecular weight is 1350 g/mol. The molecule has 11 N–H and O–H groups in total. The third-order valence-electron chi connectivity index (χ3n) is 17.7. The number of amides is 3. The second-order valence-electron chi connectivity index (χ2n) is 26.0. The number of pyridine rings is 3. The molecule has 97 heavy (non-hydrogen) atoms. The number of aryl methyl sites for hydroxylation is 3. The highest BCUT2D eigenvalue weighted by Gasteiger charge is 2.47. The van der Waals surface area contributed by atoms with E-state index in [0.717, 1.165) is 84.0 Å². The minimum absolute atomic E-state index is 0. The van der Waals surface area contributed by atoms with Gasteiger partial charge in [0.15, 0.2) is 46.3 Å². The SMILES string of the molecule is C.CC(O)(CC(=O)O)C(=O)O.Cn1cc(-c2nc(N3CN(C(=O)OC(C)(C)C)[C@H]4CCCC[C@H]43)c(F)c3c2C(=O)CC3)cn1.Cn1cc(-c2nc(N[C@@H]3CCCC[C@@H]3N)c(F)c3c2C(=O)NC3)cn1.Cn1cc(-c2nc(N[C@@H]3CCCC[C@@H]3N)c(F)c3c2C(=O)NC3)cn1.O=C=O. The number of aromatic nitrogens is 9. The summed E-state index contributed by atoms with van der Waals surface area (Å²) >= 11 is 0. The van der Waals surface area contributed by atoms with Crippen molar-refractivity contribution in [1.29, 1.82) is 0 Å². The summed E-state index contributed by atoms with van der Waals surface area (Å²) in [7, 11) is 5.36. The zero-order valence-electron chi connectivity index (χ0n) is 54.4. The third kappa shape index (κ3) is 16.4. The number of aliphatic hydroxyl groups is 1. The Bertz CT molecular complexity index is 3830. The number of fused-ring (bicyclic) bond motifs is 4. The highest BCUT2D eigenvalue weighted by Crippen LogP contribution is 2.43. The van der Waals surface area contributed by atoms with Gasteiger partial charge in [0, 0.05) is 117 Å². The first kappa shape index (κ1) is 73.2. The van der Waals surface area contributed by atoms with Crippen molar-refractivity contribution in [3.05, 3.63) is 88.0 Å². The van der Waals surface area contributed by atoms with Crippen LogP contribution in [0.5, 0.6) is 0 Å². The van der Waals surface area contributed by atoms with Gasteiger partial charge < -0.3 is 57.7 Å². The van der Waals surface area contributed by atoms with Gasteiger partial charge in [-0.2, -0.15) is 24.9 Å². The molecule has 3 saturated carbocycles. The maximum Gasteiger partial charge on any atom is 0.412 e. The van der Waals surface area contributed by atoms with Gasteiger partial charge in [0.1, 0.15) is 5.60 Å². The van der Waals surface area contributed by atoms with Gasteiger partial charge in [-0.1, -0.05) is 46.0 Å². The average Bonchev–Trinajstić information content (AvgIpc) is 1.62. The van der Waals surface area contributed by atoms with Crippen molar-refractivity contribution in [1.82, 2.24) is 59.8 Å². The zero-order chi connectivity index (χ0) is 69.7. The number of hydrogen-bond donors (Lipinski definition) is 9. The lowest BCUT2D eigenvalue weighted by Crippen LogP contribution is -2.44. The maximum atomic E-state index is 15.8. The molecule has 7 aliphatic rings. The Kier molecular flexibility index (Phi) is 23.1. The molecule has 0 bridgehead atoms. The fraction of sp³-hybridized carbons (Fsp3) is 0.523. The van der Waals surface area contributed by atoms with Gasteiger partial charge >= 0.3 is 24.2 Å². The van der Waals surface area contributed by atoms with Gasteiger partial charge in [-0.15, -0.1) is 0 Å². The van der Waals surface area contributed by atoms with Crippen LogP contribution in [-0.2, 0) is 64.6 Å². The van der Waals surface area contributed by atoms with Crippen molar-refractivity contribution in [2.75, 3.05) is 22.2 Å². The number of rotatable bonds is 11. The molecule has 29 nitrogen and oxygen atoms in total. The molecule has 522 valence electrons. The first-order valence-electron chi connectivity index (χ1n) is 31.7. The van der Waals surface area contributed by atoms with E-state index < -0.39 is 47.0 Å². The normalized spacial score (nSPS) is 21.0. The topological polar surface area (TPSA) is 405 Å². The van der Waals surface area contributed by atoms with Crippen molar-refractivity contribution in [3.8, 4) is 33.8 Å². The van der Waals surface area contributed by atoms with Crippen LogP contribution < -0.4 is 37.6 Å². The van der Waals surface area contributed by atoms with Crippen molar-refractivity contribution in [3.63, 3.8) is 0 Å². The van der Waals surface area contributed by atoms with Crippen LogP contribution in [-0.4, -0.2) is 160 Å². The fourth-order valence-electron chi connectivity index (χ4n) is 13.0. The number of carbonyl (C=O) groups excluding carboxylic acids is 6. The van der Waals surface area contributed by atoms with Gasteiger partial charge in [-0.3, -0.25) is 38.1 Å². The van der Waals surface area contributed by atoms with Gasteiger partial charge in [-0.25, -0.2) is 37.7 Å². The number of nitrogens with one attached hydrogen (secondary N) is 4. The second kappa shape index (κ2) is 30.6. The van der Waals surface area contributed by atoms with Crippen molar-refractivity contribution in [2.24, 2.45) is 32.6 Å². The Labute approximate surface area is 557 Å². The highest BCUT2D eigenvalue weighted by molar-refractivity contribution is 6.06. The minimum Gasteiger partial charge on any atom is -0.481 e. The number of hydrogen-bond acceptors (Lipinski definition) is 21. The number of halogens is 3. The number of nitrogens with zero attached hydrogens (tertiary/aromatic N) is 11. The maximum absolute atomic E-state index is 15.8. The monoisotopic (exact) mass is 1350 g/mol. The molecule has 7 atom stereocenters. The molecule has 4 aliphatic carbocycles. The van der Waals surface area contributed by atoms with Crippen LogP contribution in [0.15, 0.2) is 37.2 Å². The largest absolute Gasteiger partial charge is 0.481 e. The van der Waals surface area contributed by atoms with E-state index in [-0.39, 0.29) is 117 Å². The first-order chi connectivity index (χ1) is 45.5. The molecule has 0 radical (unpaired) electrons. The number of carboxylic acids is 2. The third-order valence-corrected chi connectivity index (χ3v) is 17.7. The summed E-state index contributed by atoms with van der Waals surface area (Å²) in [6.07, 6.45) is 21.6. The number of aliphatic carboxylic acids is 2. The number of carbonyl (C=O) groups is 6. The lowest BCUT2D eigenvalue weighted by atomic mass is 9.90. The number of nitrogens with two attached hydrogens (primary N) is 2. The number of Topliss-reactive ketones (excluding diaryl/α,β-unsaturated/α-hetero) is 1. The molecule has 6 aromatic rings. The number of carboxylic acid groups (broad SMARTS) is 2. The standard InChI is InChI=1S/C24H30FN5O3.2C17H21FN6O.C5H8O5.CO2.CH4/c1-24(2,3)33-23(32)30-13-29(16-7-5-6-8-17(16)30)22-20(25)15-9-10-18(31)19(15)21(27-22)14-11-26-28(4)12-14;2*1-24-8-9(6-21-24)15-13-10(7-20-17(13)25)14(18)16(23-15)22-12-5-3-2-4-11(12)19;1-5(10,4(8)9)2-3(6)7;2-1-3;/h11-12,16-17H,5-10,13H2,1-4H3;2*6,8,11-12H,2-5,7,19H2,1H3,(H,20,25)(H,22,23);10H,2H2,1H3,(H,6,7)(H,8,9);;1H4/t16-,17+;2*11-,12+;;;/m100.../s1. The summed E-state index contributed by atoms with van der Waals surface area (Å²) in [4.78, 5) is 103. The van der Waals surface area contributed by atoms with E-state index in [1.54, 1.807) is 77.3 Å². The van der Waals surface area contributed by atoms with Gasteiger partial charge in [-0.05, 0) is 72.6 Å². The fourth-order valence-corrected chi connectivity index (χ4v) is 13.0. The Balaban J connectivity index is 0.000000171. The molecular formula is C65H84F3N17O12. The molecule has 3 aliphatic heterocycles. The van der Waals surface area contributed by atoms with E-state index in [1.165, 1.54) is 0 Å². The van der Waals surface area contributed by atoms with Crippen LogP contribution in [0.2, 0.25) is 0 Å². The summed E-state index contributed by atoms with van der Waals surface area (Å²) in [5.41, 5.74) is 15.1. The number of ketones is 1. The second-order valence-corrected chi connectivity index (χ2v) is 26.0. The predicted molar refractivity (Wildman–Crippen MR) is 346 cm³/mol. The summed E-state index contributed by atoms with van der Waals surface area (Å²) in [6, 6.07) is -0.160. The molecule has 9 heterocycles. The molecule has 1 unspecified atom stereocenters. The first-order valence-corrected chi connectivity index (χ1v) is 31.7. The molecule has 32 heteroatoms. The molecule has 4 fully saturated rings. The Morgan fingerprint density at radius 1 is 0.639 bits per heavy atom. The number of ether oxygens (including phenoxy) is 1. The predicted octanol–water partition coefficient (Wildman–Crippen LogP) is 6.52. The number of anilines is 3. The molecular weight excluding hydrogens is 1270 g/mol. The van der Waals surface area contributed by atoms with Gasteiger partial charge in [0.05, 0.1) is 77.5 Å². The molecule has 3 amide bonds. The minimum atomic E-state index is -2.16. The molecule has 13 rings (SSSR count). The molecule has 6 aromatic heterocycles.